The molecule has 0 atom stereocenters. The summed E-state index contributed by atoms with van der Waals surface area (Å²) in [4.78, 5) is 0. The minimum atomic E-state index is -1.33. The Balaban J connectivity index is 2.79. The molecule has 0 unspecified atom stereocenters. The maximum atomic E-state index is 4.89. The van der Waals surface area contributed by atoms with Crippen molar-refractivity contribution < 1.29 is 0 Å². The molecule has 2 heteroatoms. The van der Waals surface area contributed by atoms with E-state index in [1.54, 1.807) is 0 Å². The highest BCUT2D eigenvalue weighted by Crippen LogP contribution is 2.21. The lowest BCUT2D eigenvalue weighted by atomic mass is 10.2. The first kappa shape index (κ1) is 12.2. The van der Waals surface area contributed by atoms with Gasteiger partial charge < -0.3 is 4.66 Å². The molecule has 1 aromatic carbocycles. The summed E-state index contributed by atoms with van der Waals surface area (Å²) in [5, 5.41) is 0. The van der Waals surface area contributed by atoms with Gasteiger partial charge in [0, 0.05) is 6.21 Å². The third-order valence-electron chi connectivity index (χ3n) is 3.26. The third-order valence-corrected chi connectivity index (χ3v) is 7.89. The number of rotatable bonds is 5. The van der Waals surface area contributed by atoms with Crippen molar-refractivity contribution in [2.24, 2.45) is 4.66 Å². The van der Waals surface area contributed by atoms with Crippen molar-refractivity contribution in [2.75, 3.05) is 0 Å². The Morgan fingerprint density at radius 3 is 2.00 bits per heavy atom. The zero-order valence-corrected chi connectivity index (χ0v) is 11.0. The Kier molecular flexibility index (Phi) is 4.76. The zero-order valence-electron chi connectivity index (χ0n) is 10.0. The molecule has 0 aliphatic rings. The van der Waals surface area contributed by atoms with E-state index < -0.39 is 8.24 Å². The van der Waals surface area contributed by atoms with Crippen LogP contribution in [0.4, 0.5) is 0 Å². The van der Waals surface area contributed by atoms with Gasteiger partial charge in [0.1, 0.15) is 0 Å². The minimum Gasteiger partial charge on any atom is -0.328 e. The van der Waals surface area contributed by atoms with E-state index in [2.05, 4.69) is 51.3 Å². The highest BCUT2D eigenvalue weighted by Gasteiger charge is 2.25. The molecule has 0 heterocycles. The molecule has 1 nitrogen and oxygen atoms in total. The van der Waals surface area contributed by atoms with Crippen molar-refractivity contribution in [2.45, 2.75) is 38.9 Å². The fourth-order valence-corrected chi connectivity index (χ4v) is 4.25. The van der Waals surface area contributed by atoms with Crippen molar-refractivity contribution in [1.82, 2.24) is 0 Å². The van der Waals surface area contributed by atoms with Crippen LogP contribution in [-0.2, 0) is 0 Å². The summed E-state index contributed by atoms with van der Waals surface area (Å²) in [7, 11) is -1.33. The monoisotopic (exact) mass is 219 g/mol. The Labute approximate surface area is 94.3 Å². The fraction of sp³-hybridized carbons (Fsp3) is 0.462. The van der Waals surface area contributed by atoms with Crippen molar-refractivity contribution in [3.05, 3.63) is 35.9 Å². The van der Waals surface area contributed by atoms with Gasteiger partial charge in [-0.05, 0) is 23.7 Å². The van der Waals surface area contributed by atoms with Crippen molar-refractivity contribution in [3.63, 3.8) is 0 Å². The second kappa shape index (κ2) is 5.86. The molecular formula is C13H21NSi. The van der Waals surface area contributed by atoms with Crippen LogP contribution in [0.3, 0.4) is 0 Å². The van der Waals surface area contributed by atoms with Gasteiger partial charge in [0.05, 0.1) is 0 Å². The predicted molar refractivity (Wildman–Crippen MR) is 71.2 cm³/mol. The van der Waals surface area contributed by atoms with Crippen LogP contribution in [0.1, 0.15) is 26.3 Å². The van der Waals surface area contributed by atoms with E-state index in [1.807, 2.05) is 6.07 Å². The molecule has 1 rings (SSSR count). The van der Waals surface area contributed by atoms with Gasteiger partial charge in [-0.15, -0.1) is 0 Å². The van der Waals surface area contributed by atoms with Gasteiger partial charge in [-0.2, -0.15) is 0 Å². The minimum absolute atomic E-state index is 1.23. The van der Waals surface area contributed by atoms with E-state index in [1.165, 1.54) is 23.7 Å². The van der Waals surface area contributed by atoms with Gasteiger partial charge in [-0.1, -0.05) is 51.1 Å². The molecule has 0 saturated heterocycles. The molecule has 0 amide bonds. The standard InChI is InChI=1S/C13H21NSi/c1-4-15(5-2,6-3)14-12-13-10-8-7-9-11-13/h7-12H,4-6H2,1-3H3/b14-12+. The molecule has 82 valence electrons. The van der Waals surface area contributed by atoms with E-state index in [0.29, 0.717) is 0 Å². The maximum absolute atomic E-state index is 4.89. The SMILES string of the molecule is CC[Si](CC)(CC)/N=C/c1ccccc1. The second-order valence-corrected chi connectivity index (χ2v) is 8.78. The summed E-state index contributed by atoms with van der Waals surface area (Å²) in [6.07, 6.45) is 2.07. The number of hydrogen-bond donors (Lipinski definition) is 0. The van der Waals surface area contributed by atoms with Gasteiger partial charge in [-0.3, -0.25) is 0 Å². The smallest absolute Gasteiger partial charge is 0.180 e. The quantitative estimate of drug-likeness (QED) is 0.522. The summed E-state index contributed by atoms with van der Waals surface area (Å²) >= 11 is 0. The lowest BCUT2D eigenvalue weighted by Gasteiger charge is -2.21. The van der Waals surface area contributed by atoms with Crippen molar-refractivity contribution in [1.29, 1.82) is 0 Å². The van der Waals surface area contributed by atoms with Gasteiger partial charge >= 0.3 is 0 Å². The van der Waals surface area contributed by atoms with E-state index in [-0.39, 0.29) is 0 Å². The number of nitrogens with zero attached hydrogens (tertiary/aromatic N) is 1. The van der Waals surface area contributed by atoms with Crippen LogP contribution in [0.25, 0.3) is 0 Å². The average molecular weight is 219 g/mol. The van der Waals surface area contributed by atoms with Crippen LogP contribution in [0, 0.1) is 0 Å². The van der Waals surface area contributed by atoms with Crippen LogP contribution in [0.15, 0.2) is 35.0 Å². The summed E-state index contributed by atoms with van der Waals surface area (Å²) < 4.78 is 4.89. The van der Waals surface area contributed by atoms with Crippen LogP contribution in [0.2, 0.25) is 18.1 Å². The summed E-state index contributed by atoms with van der Waals surface area (Å²) in [6.45, 7) is 6.84. The van der Waals surface area contributed by atoms with Crippen LogP contribution >= 0.6 is 0 Å². The largest absolute Gasteiger partial charge is 0.328 e. The summed E-state index contributed by atoms with van der Waals surface area (Å²) in [6, 6.07) is 14.2. The lowest BCUT2D eigenvalue weighted by molar-refractivity contribution is 1.15. The first-order valence-electron chi connectivity index (χ1n) is 5.86. The highest BCUT2D eigenvalue weighted by atomic mass is 28.3. The zero-order chi connectivity index (χ0) is 11.1. The molecule has 0 N–H and O–H groups in total. The molecule has 1 aromatic rings. The number of hydrogen-bond acceptors (Lipinski definition) is 1. The van der Waals surface area contributed by atoms with Crippen LogP contribution < -0.4 is 0 Å². The molecule has 0 fully saturated rings. The first-order chi connectivity index (χ1) is 7.26. The van der Waals surface area contributed by atoms with Gasteiger partial charge in [0.2, 0.25) is 0 Å². The normalized spacial score (nSPS) is 12.2. The third kappa shape index (κ3) is 3.31. The molecule has 0 saturated carbocycles. The highest BCUT2D eigenvalue weighted by molar-refractivity contribution is 6.78. The Hall–Kier alpha value is -0.893. The summed E-state index contributed by atoms with van der Waals surface area (Å²) in [5.41, 5.74) is 1.23. The van der Waals surface area contributed by atoms with E-state index >= 15 is 0 Å². The van der Waals surface area contributed by atoms with Crippen molar-refractivity contribution in [3.8, 4) is 0 Å². The van der Waals surface area contributed by atoms with Crippen LogP contribution in [0.5, 0.6) is 0 Å². The molecule has 0 aliphatic heterocycles. The van der Waals surface area contributed by atoms with E-state index in [0.717, 1.165) is 0 Å². The fourth-order valence-electron chi connectivity index (χ4n) is 1.77. The van der Waals surface area contributed by atoms with Crippen molar-refractivity contribution >= 4 is 14.5 Å². The average Bonchev–Trinajstić information content (AvgIpc) is 2.33. The molecule has 0 aromatic heterocycles. The molecular weight excluding hydrogens is 198 g/mol. The van der Waals surface area contributed by atoms with Crippen LogP contribution in [-0.4, -0.2) is 14.5 Å². The Morgan fingerprint density at radius 2 is 1.53 bits per heavy atom. The second-order valence-electron chi connectivity index (χ2n) is 3.95. The van der Waals surface area contributed by atoms with E-state index in [9.17, 15) is 0 Å². The van der Waals surface area contributed by atoms with E-state index in [4.69, 9.17) is 4.66 Å². The van der Waals surface area contributed by atoms with Gasteiger partial charge in [-0.25, -0.2) is 0 Å². The predicted octanol–water partition coefficient (Wildman–Crippen LogP) is 4.11. The molecule has 0 aliphatic carbocycles. The molecule has 0 spiro atoms. The maximum Gasteiger partial charge on any atom is 0.180 e. The Bertz CT molecular complexity index is 293. The molecule has 0 radical (unpaired) electrons. The number of benzene rings is 1. The lowest BCUT2D eigenvalue weighted by Crippen LogP contribution is -2.29. The Morgan fingerprint density at radius 1 is 1.00 bits per heavy atom. The first-order valence-corrected chi connectivity index (χ1v) is 8.43. The molecule has 0 bridgehead atoms. The summed E-state index contributed by atoms with van der Waals surface area (Å²) in [5.74, 6) is 0. The molecule has 15 heavy (non-hydrogen) atoms. The topological polar surface area (TPSA) is 12.4 Å². The van der Waals surface area contributed by atoms with Gasteiger partial charge in [0.15, 0.2) is 8.24 Å². The van der Waals surface area contributed by atoms with Gasteiger partial charge in [0.25, 0.3) is 0 Å².